The Hall–Kier alpha value is -4.06. The minimum atomic E-state index is -0.469. The molecular weight excluding hydrogens is 388 g/mol. The summed E-state index contributed by atoms with van der Waals surface area (Å²) in [5.74, 6) is -0.469. The van der Waals surface area contributed by atoms with Gasteiger partial charge in [-0.1, -0.05) is 78.9 Å². The number of amides is 1. The van der Waals surface area contributed by atoms with Gasteiger partial charge >= 0.3 is 0 Å². The van der Waals surface area contributed by atoms with Crippen molar-refractivity contribution >= 4 is 22.4 Å². The van der Waals surface area contributed by atoms with Gasteiger partial charge in [-0.05, 0) is 36.5 Å². The lowest BCUT2D eigenvalue weighted by atomic mass is 10.0. The summed E-state index contributed by atoms with van der Waals surface area (Å²) in [5, 5.41) is 11.6. The summed E-state index contributed by atoms with van der Waals surface area (Å²) in [6.07, 6.45) is 2.53. The number of aromatic nitrogens is 2. The molecule has 0 saturated carbocycles. The molecule has 0 bridgehead atoms. The summed E-state index contributed by atoms with van der Waals surface area (Å²) in [6.45, 7) is 0. The van der Waals surface area contributed by atoms with Crippen LogP contribution in [0.4, 0.5) is 0 Å². The second kappa shape index (κ2) is 9.63. The van der Waals surface area contributed by atoms with Crippen molar-refractivity contribution < 1.29 is 4.79 Å². The number of aryl methyl sites for hydroxylation is 1. The molecule has 0 aliphatic carbocycles. The van der Waals surface area contributed by atoms with Gasteiger partial charge in [-0.15, -0.1) is 0 Å². The lowest BCUT2D eigenvalue weighted by Crippen LogP contribution is -2.24. The van der Waals surface area contributed by atoms with E-state index in [-0.39, 0.29) is 11.3 Å². The Balaban J connectivity index is 1.54. The van der Waals surface area contributed by atoms with E-state index in [9.17, 15) is 9.59 Å². The smallest absolute Gasteiger partial charge is 0.267 e. The SMILES string of the molecule is O=C(N/N=C(\CCCc1ccccc1)c1ccccc1)c1n[nH]c(=O)c2ccccc12. The number of hydrazone groups is 1. The third-order valence-electron chi connectivity index (χ3n) is 5.03. The van der Waals surface area contributed by atoms with Crippen molar-refractivity contribution in [2.24, 2.45) is 5.10 Å². The fraction of sp³-hybridized carbons (Fsp3) is 0.120. The van der Waals surface area contributed by atoms with Gasteiger partial charge in [-0.2, -0.15) is 10.2 Å². The Morgan fingerprint density at radius 1 is 0.871 bits per heavy atom. The third kappa shape index (κ3) is 4.93. The molecule has 4 aromatic rings. The third-order valence-corrected chi connectivity index (χ3v) is 5.03. The first-order chi connectivity index (χ1) is 15.2. The molecular formula is C25H22N4O2. The maximum Gasteiger partial charge on any atom is 0.292 e. The molecule has 0 radical (unpaired) electrons. The Morgan fingerprint density at radius 2 is 1.52 bits per heavy atom. The fourth-order valence-electron chi connectivity index (χ4n) is 3.46. The zero-order chi connectivity index (χ0) is 21.5. The van der Waals surface area contributed by atoms with Gasteiger partial charge in [-0.3, -0.25) is 9.59 Å². The van der Waals surface area contributed by atoms with Crippen LogP contribution < -0.4 is 11.0 Å². The zero-order valence-corrected chi connectivity index (χ0v) is 16.9. The molecule has 0 unspecified atom stereocenters. The highest BCUT2D eigenvalue weighted by molar-refractivity contribution is 6.06. The summed E-state index contributed by atoms with van der Waals surface area (Å²) in [6, 6.07) is 26.9. The predicted octanol–water partition coefficient (Wildman–Crippen LogP) is 4.08. The van der Waals surface area contributed by atoms with E-state index < -0.39 is 5.91 Å². The van der Waals surface area contributed by atoms with E-state index >= 15 is 0 Å². The number of rotatable bonds is 7. The molecule has 0 atom stereocenters. The van der Waals surface area contributed by atoms with Crippen molar-refractivity contribution in [3.8, 4) is 0 Å². The molecule has 1 aromatic heterocycles. The largest absolute Gasteiger partial charge is 0.292 e. The van der Waals surface area contributed by atoms with Gasteiger partial charge in [0, 0.05) is 5.39 Å². The summed E-state index contributed by atoms with van der Waals surface area (Å²) in [4.78, 5) is 24.8. The van der Waals surface area contributed by atoms with Crippen LogP contribution in [0.25, 0.3) is 10.8 Å². The molecule has 0 saturated heterocycles. The second-order valence-corrected chi connectivity index (χ2v) is 7.15. The minimum absolute atomic E-state index is 0.135. The van der Waals surface area contributed by atoms with Crippen molar-refractivity contribution in [1.29, 1.82) is 0 Å². The lowest BCUT2D eigenvalue weighted by Gasteiger charge is -2.09. The molecule has 6 heteroatoms. The first-order valence-corrected chi connectivity index (χ1v) is 10.2. The summed E-state index contributed by atoms with van der Waals surface area (Å²) >= 11 is 0. The Kier molecular flexibility index (Phi) is 6.28. The molecule has 31 heavy (non-hydrogen) atoms. The van der Waals surface area contributed by atoms with Gasteiger partial charge in [0.2, 0.25) is 0 Å². The van der Waals surface area contributed by atoms with E-state index in [1.807, 2.05) is 48.5 Å². The molecule has 0 aliphatic heterocycles. The molecule has 2 N–H and O–H groups in total. The highest BCUT2D eigenvalue weighted by atomic mass is 16.2. The molecule has 1 heterocycles. The van der Waals surface area contributed by atoms with Gasteiger partial charge in [0.05, 0.1) is 11.1 Å². The van der Waals surface area contributed by atoms with E-state index in [4.69, 9.17) is 0 Å². The van der Waals surface area contributed by atoms with Crippen molar-refractivity contribution in [1.82, 2.24) is 15.6 Å². The van der Waals surface area contributed by atoms with E-state index in [1.54, 1.807) is 24.3 Å². The van der Waals surface area contributed by atoms with E-state index in [0.717, 1.165) is 24.1 Å². The van der Waals surface area contributed by atoms with Gasteiger partial charge in [0.15, 0.2) is 5.69 Å². The van der Waals surface area contributed by atoms with Crippen molar-refractivity contribution in [3.63, 3.8) is 0 Å². The maximum absolute atomic E-state index is 12.8. The number of nitrogens with one attached hydrogen (secondary N) is 2. The zero-order valence-electron chi connectivity index (χ0n) is 16.9. The number of hydrogen-bond donors (Lipinski definition) is 2. The fourth-order valence-corrected chi connectivity index (χ4v) is 3.46. The number of hydrogen-bond acceptors (Lipinski definition) is 4. The second-order valence-electron chi connectivity index (χ2n) is 7.15. The van der Waals surface area contributed by atoms with E-state index in [0.29, 0.717) is 17.2 Å². The Labute approximate surface area is 179 Å². The van der Waals surface area contributed by atoms with Crippen LogP contribution in [-0.4, -0.2) is 21.8 Å². The van der Waals surface area contributed by atoms with Crippen LogP contribution in [0.2, 0.25) is 0 Å². The van der Waals surface area contributed by atoms with Crippen LogP contribution in [0.15, 0.2) is 94.8 Å². The highest BCUT2D eigenvalue weighted by Gasteiger charge is 2.14. The standard InChI is InChI=1S/C25H22N4O2/c30-24-21-16-8-7-15-20(21)23(27-28-24)25(31)29-26-22(19-13-5-2-6-14-19)17-9-12-18-10-3-1-4-11-18/h1-8,10-11,13-16H,9,12,17H2,(H,28,30)(H,29,31)/b26-22+. The van der Waals surface area contributed by atoms with Crippen LogP contribution in [0, 0.1) is 0 Å². The number of H-pyrrole nitrogens is 1. The number of carbonyl (C=O) groups excluding carboxylic acids is 1. The quantitative estimate of drug-likeness (QED) is 0.355. The number of benzene rings is 3. The Morgan fingerprint density at radius 3 is 2.26 bits per heavy atom. The monoisotopic (exact) mass is 410 g/mol. The van der Waals surface area contributed by atoms with Crippen LogP contribution in [0.1, 0.15) is 34.5 Å². The number of carbonyl (C=O) groups is 1. The van der Waals surface area contributed by atoms with Crippen LogP contribution in [-0.2, 0) is 6.42 Å². The molecule has 0 aliphatic rings. The summed E-state index contributed by atoms with van der Waals surface area (Å²) in [5.41, 5.74) is 5.44. The topological polar surface area (TPSA) is 87.2 Å². The molecule has 6 nitrogen and oxygen atoms in total. The molecule has 0 spiro atoms. The van der Waals surface area contributed by atoms with Gasteiger partial charge in [0.1, 0.15) is 0 Å². The maximum atomic E-state index is 12.8. The van der Waals surface area contributed by atoms with Gasteiger partial charge in [-0.25, -0.2) is 10.5 Å². The van der Waals surface area contributed by atoms with E-state index in [2.05, 4.69) is 32.9 Å². The van der Waals surface area contributed by atoms with Crippen molar-refractivity contribution in [2.45, 2.75) is 19.3 Å². The normalized spacial score (nSPS) is 11.4. The molecule has 4 rings (SSSR count). The average molecular weight is 410 g/mol. The number of fused-ring (bicyclic) bond motifs is 1. The van der Waals surface area contributed by atoms with E-state index in [1.165, 1.54) is 5.56 Å². The first-order valence-electron chi connectivity index (χ1n) is 10.2. The number of nitrogens with zero attached hydrogens (tertiary/aromatic N) is 2. The van der Waals surface area contributed by atoms with Crippen LogP contribution in [0.3, 0.4) is 0 Å². The molecule has 3 aromatic carbocycles. The molecule has 154 valence electrons. The minimum Gasteiger partial charge on any atom is -0.267 e. The number of aromatic amines is 1. The highest BCUT2D eigenvalue weighted by Crippen LogP contribution is 2.13. The average Bonchev–Trinajstić information content (AvgIpc) is 2.83. The Bertz CT molecular complexity index is 1260. The van der Waals surface area contributed by atoms with Crippen molar-refractivity contribution in [3.05, 3.63) is 112 Å². The van der Waals surface area contributed by atoms with Crippen molar-refractivity contribution in [2.75, 3.05) is 0 Å². The van der Waals surface area contributed by atoms with Crippen LogP contribution >= 0.6 is 0 Å². The lowest BCUT2D eigenvalue weighted by molar-refractivity contribution is 0.0950. The molecule has 0 fully saturated rings. The predicted molar refractivity (Wildman–Crippen MR) is 122 cm³/mol. The summed E-state index contributed by atoms with van der Waals surface area (Å²) < 4.78 is 0. The molecule has 1 amide bonds. The van der Waals surface area contributed by atoms with Gasteiger partial charge in [0.25, 0.3) is 11.5 Å². The van der Waals surface area contributed by atoms with Crippen LogP contribution in [0.5, 0.6) is 0 Å². The first kappa shape index (κ1) is 20.2. The summed E-state index contributed by atoms with van der Waals surface area (Å²) in [7, 11) is 0. The van der Waals surface area contributed by atoms with Gasteiger partial charge < -0.3 is 0 Å².